The van der Waals surface area contributed by atoms with Crippen molar-refractivity contribution in [2.24, 2.45) is 0 Å². The summed E-state index contributed by atoms with van der Waals surface area (Å²) in [5.41, 5.74) is 7.07. The summed E-state index contributed by atoms with van der Waals surface area (Å²) in [6.45, 7) is 0.522. The zero-order chi connectivity index (χ0) is 13.5. The molecule has 0 aliphatic heterocycles. The number of nitrogens with two attached hydrogens (primary N) is 1. The zero-order valence-electron chi connectivity index (χ0n) is 10.3. The van der Waals surface area contributed by atoms with Crippen LogP contribution in [0, 0.1) is 0 Å². The van der Waals surface area contributed by atoms with E-state index in [-0.39, 0.29) is 24.5 Å². The number of aliphatic hydroxyl groups is 2. The summed E-state index contributed by atoms with van der Waals surface area (Å²) in [6.07, 6.45) is 0. The van der Waals surface area contributed by atoms with Crippen molar-refractivity contribution in [2.45, 2.75) is 0 Å². The molecule has 100 valence electrons. The zero-order valence-corrected chi connectivity index (χ0v) is 10.3. The van der Waals surface area contributed by atoms with E-state index in [0.29, 0.717) is 18.8 Å². The van der Waals surface area contributed by atoms with E-state index in [2.05, 4.69) is 4.74 Å². The lowest BCUT2D eigenvalue weighted by atomic mass is 10.1. The Bertz CT molecular complexity index is 403. The number of rotatable bonds is 6. The number of aliphatic hydroxyl groups excluding tert-OH is 2. The Kier molecular flexibility index (Phi) is 5.41. The molecular weight excluding hydrogens is 236 g/mol. The fraction of sp³-hybridized carbons (Fsp3) is 0.417. The Balaban J connectivity index is 3.10. The second-order valence-corrected chi connectivity index (χ2v) is 3.66. The number of ether oxygens (including phenoxy) is 1. The van der Waals surface area contributed by atoms with Crippen LogP contribution >= 0.6 is 0 Å². The molecule has 0 saturated heterocycles. The maximum Gasteiger partial charge on any atom is 0.340 e. The van der Waals surface area contributed by atoms with Crippen LogP contribution in [0.3, 0.4) is 0 Å². The molecule has 0 aliphatic carbocycles. The highest BCUT2D eigenvalue weighted by molar-refractivity contribution is 5.98. The number of para-hydroxylation sites is 1. The fourth-order valence-corrected chi connectivity index (χ4v) is 1.71. The minimum absolute atomic E-state index is 0.0676. The van der Waals surface area contributed by atoms with E-state index in [1.165, 1.54) is 7.11 Å². The summed E-state index contributed by atoms with van der Waals surface area (Å²) in [4.78, 5) is 13.2. The number of esters is 1. The molecule has 1 aromatic carbocycles. The third-order valence-corrected chi connectivity index (χ3v) is 2.57. The van der Waals surface area contributed by atoms with E-state index in [9.17, 15) is 4.79 Å². The highest BCUT2D eigenvalue weighted by Crippen LogP contribution is 2.26. The molecule has 1 rings (SSSR count). The smallest absolute Gasteiger partial charge is 0.340 e. The van der Waals surface area contributed by atoms with Gasteiger partial charge in [-0.3, -0.25) is 0 Å². The number of hydrogen-bond donors (Lipinski definition) is 3. The van der Waals surface area contributed by atoms with Gasteiger partial charge in [0.05, 0.1) is 37.3 Å². The van der Waals surface area contributed by atoms with Crippen molar-refractivity contribution < 1.29 is 19.7 Å². The lowest BCUT2D eigenvalue weighted by Crippen LogP contribution is -2.30. The van der Waals surface area contributed by atoms with Crippen molar-refractivity contribution in [1.82, 2.24) is 0 Å². The van der Waals surface area contributed by atoms with Gasteiger partial charge in [0.15, 0.2) is 0 Å². The molecular formula is C12H18N2O4. The highest BCUT2D eigenvalue weighted by Gasteiger charge is 2.16. The van der Waals surface area contributed by atoms with Crippen molar-refractivity contribution in [1.29, 1.82) is 0 Å². The van der Waals surface area contributed by atoms with Crippen molar-refractivity contribution in [3.05, 3.63) is 23.8 Å². The van der Waals surface area contributed by atoms with Crippen LogP contribution in [0.2, 0.25) is 0 Å². The first kappa shape index (κ1) is 14.3. The number of carbonyl (C=O) groups excluding carboxylic acids is 1. The maximum atomic E-state index is 11.5. The van der Waals surface area contributed by atoms with E-state index in [1.807, 2.05) is 0 Å². The SMILES string of the molecule is COC(=O)c1cccc(N(CCO)CCO)c1N. The number of benzene rings is 1. The predicted octanol–water partition coefficient (Wildman–Crippen LogP) is -0.154. The molecule has 0 heterocycles. The number of nitrogen functional groups attached to an aromatic ring is 1. The predicted molar refractivity (Wildman–Crippen MR) is 68.6 cm³/mol. The lowest BCUT2D eigenvalue weighted by molar-refractivity contribution is 0.0602. The molecule has 6 nitrogen and oxygen atoms in total. The van der Waals surface area contributed by atoms with Gasteiger partial charge in [-0.05, 0) is 12.1 Å². The molecule has 0 saturated carbocycles. The van der Waals surface area contributed by atoms with Crippen molar-refractivity contribution in [3.63, 3.8) is 0 Å². The Hall–Kier alpha value is -1.79. The number of nitrogens with zero attached hydrogens (tertiary/aromatic N) is 1. The summed E-state index contributed by atoms with van der Waals surface area (Å²) >= 11 is 0. The second-order valence-electron chi connectivity index (χ2n) is 3.66. The standard InChI is InChI=1S/C12H18N2O4/c1-18-12(17)9-3-2-4-10(11(9)13)14(5-7-15)6-8-16/h2-4,15-16H,5-8,13H2,1H3. The van der Waals surface area contributed by atoms with Gasteiger partial charge in [0.2, 0.25) is 0 Å². The van der Waals surface area contributed by atoms with Gasteiger partial charge in [0.1, 0.15) is 0 Å². The number of carbonyl (C=O) groups is 1. The molecule has 0 spiro atoms. The van der Waals surface area contributed by atoms with Crippen molar-refractivity contribution in [3.8, 4) is 0 Å². The van der Waals surface area contributed by atoms with Gasteiger partial charge < -0.3 is 25.6 Å². The van der Waals surface area contributed by atoms with Gasteiger partial charge in [-0.1, -0.05) is 6.07 Å². The van der Waals surface area contributed by atoms with Crippen LogP contribution in [0.1, 0.15) is 10.4 Å². The van der Waals surface area contributed by atoms with Gasteiger partial charge >= 0.3 is 5.97 Å². The molecule has 0 fully saturated rings. The van der Waals surface area contributed by atoms with E-state index < -0.39 is 5.97 Å². The second kappa shape index (κ2) is 6.83. The summed E-state index contributed by atoms with van der Waals surface area (Å²) in [7, 11) is 1.29. The molecule has 0 aliphatic rings. The van der Waals surface area contributed by atoms with E-state index >= 15 is 0 Å². The van der Waals surface area contributed by atoms with Crippen molar-refractivity contribution in [2.75, 3.05) is 44.0 Å². The van der Waals surface area contributed by atoms with Crippen LogP contribution in [0.15, 0.2) is 18.2 Å². The minimum Gasteiger partial charge on any atom is -0.465 e. The number of anilines is 2. The van der Waals surface area contributed by atoms with Gasteiger partial charge in [-0.2, -0.15) is 0 Å². The van der Waals surface area contributed by atoms with Crippen LogP contribution < -0.4 is 10.6 Å². The average Bonchev–Trinajstić information content (AvgIpc) is 2.38. The van der Waals surface area contributed by atoms with Gasteiger partial charge in [0.25, 0.3) is 0 Å². The van der Waals surface area contributed by atoms with Gasteiger partial charge in [-0.25, -0.2) is 4.79 Å². The highest BCUT2D eigenvalue weighted by atomic mass is 16.5. The molecule has 0 bridgehead atoms. The monoisotopic (exact) mass is 254 g/mol. The van der Waals surface area contributed by atoms with Crippen LogP contribution in [0.4, 0.5) is 11.4 Å². The lowest BCUT2D eigenvalue weighted by Gasteiger charge is -2.25. The Labute approximate surface area is 106 Å². The molecule has 6 heteroatoms. The molecule has 1 aromatic rings. The number of hydrogen-bond acceptors (Lipinski definition) is 6. The quantitative estimate of drug-likeness (QED) is 0.482. The topological polar surface area (TPSA) is 96.0 Å². The van der Waals surface area contributed by atoms with Crippen LogP contribution in [0.5, 0.6) is 0 Å². The first-order valence-corrected chi connectivity index (χ1v) is 5.59. The Morgan fingerprint density at radius 2 is 1.94 bits per heavy atom. The summed E-state index contributed by atoms with van der Waals surface area (Å²) in [5, 5.41) is 18.0. The molecule has 0 amide bonds. The van der Waals surface area contributed by atoms with E-state index in [0.717, 1.165) is 0 Å². The van der Waals surface area contributed by atoms with Crippen LogP contribution in [0.25, 0.3) is 0 Å². The van der Waals surface area contributed by atoms with Crippen LogP contribution in [-0.4, -0.2) is 49.6 Å². The average molecular weight is 254 g/mol. The molecule has 0 radical (unpaired) electrons. The molecule has 0 unspecified atom stereocenters. The van der Waals surface area contributed by atoms with E-state index in [1.54, 1.807) is 23.1 Å². The summed E-state index contributed by atoms with van der Waals surface area (Å²) in [6, 6.07) is 4.98. The Morgan fingerprint density at radius 1 is 1.33 bits per heavy atom. The van der Waals surface area contributed by atoms with E-state index in [4.69, 9.17) is 15.9 Å². The molecule has 0 atom stereocenters. The minimum atomic E-state index is -0.512. The third kappa shape index (κ3) is 3.12. The van der Waals surface area contributed by atoms with Gasteiger partial charge in [-0.15, -0.1) is 0 Å². The first-order chi connectivity index (χ1) is 8.65. The van der Waals surface area contributed by atoms with Crippen molar-refractivity contribution >= 4 is 17.3 Å². The normalized spacial score (nSPS) is 10.2. The summed E-state index contributed by atoms with van der Waals surface area (Å²) in [5.74, 6) is -0.512. The fourth-order valence-electron chi connectivity index (χ4n) is 1.71. The first-order valence-electron chi connectivity index (χ1n) is 5.59. The molecule has 0 aromatic heterocycles. The largest absolute Gasteiger partial charge is 0.465 e. The summed E-state index contributed by atoms with van der Waals surface area (Å²) < 4.78 is 4.64. The maximum absolute atomic E-state index is 11.5. The molecule has 4 N–H and O–H groups in total. The van der Waals surface area contributed by atoms with Gasteiger partial charge in [0, 0.05) is 13.1 Å². The molecule has 18 heavy (non-hydrogen) atoms. The van der Waals surface area contributed by atoms with Crippen LogP contribution in [-0.2, 0) is 4.74 Å². The third-order valence-electron chi connectivity index (χ3n) is 2.57. The Morgan fingerprint density at radius 3 is 2.44 bits per heavy atom. The number of methoxy groups -OCH3 is 1.